The molecule has 1 amide bonds. The Labute approximate surface area is 166 Å². The average Bonchev–Trinajstić information content (AvgIpc) is 2.66. The molecule has 0 saturated carbocycles. The van der Waals surface area contributed by atoms with Gasteiger partial charge in [-0.15, -0.1) is 0 Å². The second kappa shape index (κ2) is 8.37. The fourth-order valence-corrected chi connectivity index (χ4v) is 2.96. The third-order valence-electron chi connectivity index (χ3n) is 3.97. The van der Waals surface area contributed by atoms with Crippen LogP contribution >= 0.6 is 23.2 Å². The first-order chi connectivity index (χ1) is 13.0. The molecule has 27 heavy (non-hydrogen) atoms. The van der Waals surface area contributed by atoms with Crippen LogP contribution in [0.3, 0.4) is 0 Å². The molecule has 3 aromatic rings. The standard InChI is InChI=1S/C20H16Cl2N2O3/c1-12(19(25)23-11-13-6-2-4-8-16(13)21)27-20(26)15-10-18(22)24-17-9-5-3-7-14(15)17/h2-10,12H,11H2,1H3,(H,23,25)/t12-/m1/s1. The zero-order chi connectivity index (χ0) is 19.4. The quantitative estimate of drug-likeness (QED) is 0.507. The average molecular weight is 403 g/mol. The molecule has 0 bridgehead atoms. The van der Waals surface area contributed by atoms with Gasteiger partial charge in [0.25, 0.3) is 5.91 Å². The molecule has 0 aliphatic rings. The summed E-state index contributed by atoms with van der Waals surface area (Å²) in [6, 6.07) is 15.7. The van der Waals surface area contributed by atoms with Gasteiger partial charge in [0, 0.05) is 17.0 Å². The molecule has 0 unspecified atom stereocenters. The van der Waals surface area contributed by atoms with Crippen LogP contribution in [0.4, 0.5) is 0 Å². The molecule has 1 atom stereocenters. The molecule has 0 saturated heterocycles. The highest BCUT2D eigenvalue weighted by atomic mass is 35.5. The Bertz CT molecular complexity index is 1010. The number of para-hydroxylation sites is 1. The fourth-order valence-electron chi connectivity index (χ4n) is 2.56. The Morgan fingerprint density at radius 2 is 1.81 bits per heavy atom. The largest absolute Gasteiger partial charge is 0.449 e. The van der Waals surface area contributed by atoms with E-state index < -0.39 is 18.0 Å². The van der Waals surface area contributed by atoms with E-state index in [0.29, 0.717) is 15.9 Å². The maximum atomic E-state index is 12.5. The number of ether oxygens (including phenoxy) is 1. The number of nitrogens with one attached hydrogen (secondary N) is 1. The van der Waals surface area contributed by atoms with Crippen molar-refractivity contribution in [2.75, 3.05) is 0 Å². The molecule has 3 rings (SSSR count). The number of pyridine rings is 1. The summed E-state index contributed by atoms with van der Waals surface area (Å²) in [5.41, 5.74) is 1.61. The summed E-state index contributed by atoms with van der Waals surface area (Å²) in [6.07, 6.45) is -0.981. The van der Waals surface area contributed by atoms with Crippen LogP contribution in [0.2, 0.25) is 10.2 Å². The van der Waals surface area contributed by atoms with Gasteiger partial charge in [-0.3, -0.25) is 4.79 Å². The van der Waals surface area contributed by atoms with E-state index >= 15 is 0 Å². The van der Waals surface area contributed by atoms with E-state index in [-0.39, 0.29) is 17.3 Å². The second-order valence-electron chi connectivity index (χ2n) is 5.87. The van der Waals surface area contributed by atoms with Crippen molar-refractivity contribution in [3.8, 4) is 0 Å². The number of fused-ring (bicyclic) bond motifs is 1. The molecule has 138 valence electrons. The fraction of sp³-hybridized carbons (Fsp3) is 0.150. The first kappa shape index (κ1) is 19.1. The van der Waals surface area contributed by atoms with Crippen molar-refractivity contribution in [1.82, 2.24) is 10.3 Å². The van der Waals surface area contributed by atoms with Gasteiger partial charge in [0.2, 0.25) is 0 Å². The van der Waals surface area contributed by atoms with Crippen molar-refractivity contribution >= 4 is 46.0 Å². The lowest BCUT2D eigenvalue weighted by Crippen LogP contribution is -2.35. The third-order valence-corrected chi connectivity index (χ3v) is 4.53. The SMILES string of the molecule is C[C@@H](OC(=O)c1cc(Cl)nc2ccccc12)C(=O)NCc1ccccc1Cl. The Morgan fingerprint density at radius 3 is 2.59 bits per heavy atom. The zero-order valence-electron chi connectivity index (χ0n) is 14.4. The predicted octanol–water partition coefficient (Wildman–Crippen LogP) is 4.40. The van der Waals surface area contributed by atoms with Crippen molar-refractivity contribution in [1.29, 1.82) is 0 Å². The molecule has 7 heteroatoms. The number of aromatic nitrogens is 1. The molecule has 0 radical (unpaired) electrons. The van der Waals surface area contributed by atoms with Crippen molar-refractivity contribution in [2.24, 2.45) is 0 Å². The Kier molecular flexibility index (Phi) is 5.94. The minimum absolute atomic E-state index is 0.177. The van der Waals surface area contributed by atoms with Gasteiger partial charge < -0.3 is 10.1 Å². The van der Waals surface area contributed by atoms with E-state index in [4.69, 9.17) is 27.9 Å². The number of amides is 1. The first-order valence-corrected chi connectivity index (χ1v) is 8.98. The molecule has 5 nitrogen and oxygen atoms in total. The summed E-state index contributed by atoms with van der Waals surface area (Å²) in [7, 11) is 0. The zero-order valence-corrected chi connectivity index (χ0v) is 15.9. The van der Waals surface area contributed by atoms with Crippen LogP contribution in [-0.2, 0) is 16.1 Å². The molecular weight excluding hydrogens is 387 g/mol. The minimum Gasteiger partial charge on any atom is -0.449 e. The molecule has 2 aromatic carbocycles. The highest BCUT2D eigenvalue weighted by Crippen LogP contribution is 2.22. The van der Waals surface area contributed by atoms with E-state index in [1.54, 1.807) is 30.3 Å². The first-order valence-electron chi connectivity index (χ1n) is 8.23. The molecule has 1 aromatic heterocycles. The van der Waals surface area contributed by atoms with Crippen LogP contribution in [-0.4, -0.2) is 23.0 Å². The van der Waals surface area contributed by atoms with E-state index in [1.807, 2.05) is 18.2 Å². The van der Waals surface area contributed by atoms with Gasteiger partial charge in [0.05, 0.1) is 11.1 Å². The molecule has 0 aliphatic carbocycles. The molecule has 0 fully saturated rings. The maximum Gasteiger partial charge on any atom is 0.339 e. The lowest BCUT2D eigenvalue weighted by Gasteiger charge is -2.15. The number of hydrogen-bond acceptors (Lipinski definition) is 4. The topological polar surface area (TPSA) is 68.3 Å². The number of carbonyl (C=O) groups is 2. The summed E-state index contributed by atoms with van der Waals surface area (Å²) in [5.74, 6) is -1.07. The van der Waals surface area contributed by atoms with Gasteiger partial charge >= 0.3 is 5.97 Å². The summed E-state index contributed by atoms with van der Waals surface area (Å²) >= 11 is 12.1. The Morgan fingerprint density at radius 1 is 1.11 bits per heavy atom. The number of esters is 1. The van der Waals surface area contributed by atoms with Gasteiger partial charge in [-0.05, 0) is 30.7 Å². The minimum atomic E-state index is -0.981. The highest BCUT2D eigenvalue weighted by Gasteiger charge is 2.21. The van der Waals surface area contributed by atoms with Gasteiger partial charge in [0.1, 0.15) is 5.15 Å². The van der Waals surface area contributed by atoms with E-state index in [1.165, 1.54) is 13.0 Å². The van der Waals surface area contributed by atoms with Crippen molar-refractivity contribution in [3.63, 3.8) is 0 Å². The summed E-state index contributed by atoms with van der Waals surface area (Å²) in [4.78, 5) is 29.0. The lowest BCUT2D eigenvalue weighted by molar-refractivity contribution is -0.129. The number of nitrogens with zero attached hydrogens (tertiary/aromatic N) is 1. The Balaban J connectivity index is 1.69. The van der Waals surface area contributed by atoms with Crippen LogP contribution in [0, 0.1) is 0 Å². The van der Waals surface area contributed by atoms with Crippen LogP contribution in [0.15, 0.2) is 54.6 Å². The van der Waals surface area contributed by atoms with E-state index in [2.05, 4.69) is 10.3 Å². The smallest absolute Gasteiger partial charge is 0.339 e. The van der Waals surface area contributed by atoms with Crippen molar-refractivity contribution in [2.45, 2.75) is 19.6 Å². The Hall–Kier alpha value is -2.63. The third kappa shape index (κ3) is 4.56. The molecule has 1 N–H and O–H groups in total. The van der Waals surface area contributed by atoms with Gasteiger partial charge in [-0.2, -0.15) is 0 Å². The lowest BCUT2D eigenvalue weighted by atomic mass is 10.1. The van der Waals surface area contributed by atoms with Crippen LogP contribution in [0.25, 0.3) is 10.9 Å². The maximum absolute atomic E-state index is 12.5. The van der Waals surface area contributed by atoms with Crippen LogP contribution < -0.4 is 5.32 Å². The van der Waals surface area contributed by atoms with Gasteiger partial charge in [-0.1, -0.05) is 59.6 Å². The number of halogens is 2. The number of hydrogen-bond donors (Lipinski definition) is 1. The van der Waals surface area contributed by atoms with E-state index in [9.17, 15) is 9.59 Å². The van der Waals surface area contributed by atoms with Crippen LogP contribution in [0.1, 0.15) is 22.8 Å². The number of carbonyl (C=O) groups excluding carboxylic acids is 2. The summed E-state index contributed by atoms with van der Waals surface area (Å²) in [5, 5.41) is 4.05. The molecule has 0 spiro atoms. The summed E-state index contributed by atoms with van der Waals surface area (Å²) < 4.78 is 5.31. The highest BCUT2D eigenvalue weighted by molar-refractivity contribution is 6.31. The molecular formula is C20H16Cl2N2O3. The monoisotopic (exact) mass is 402 g/mol. The normalized spacial score (nSPS) is 11.8. The molecule has 0 aliphatic heterocycles. The summed E-state index contributed by atoms with van der Waals surface area (Å²) in [6.45, 7) is 1.75. The van der Waals surface area contributed by atoms with Gasteiger partial charge in [-0.25, -0.2) is 9.78 Å². The second-order valence-corrected chi connectivity index (χ2v) is 6.66. The number of benzene rings is 2. The van der Waals surface area contributed by atoms with Crippen molar-refractivity contribution in [3.05, 3.63) is 75.9 Å². The number of rotatable bonds is 5. The predicted molar refractivity (Wildman–Crippen MR) is 105 cm³/mol. The molecule has 1 heterocycles. The van der Waals surface area contributed by atoms with Crippen LogP contribution in [0.5, 0.6) is 0 Å². The van der Waals surface area contributed by atoms with Gasteiger partial charge in [0.15, 0.2) is 6.10 Å². The van der Waals surface area contributed by atoms with Crippen molar-refractivity contribution < 1.29 is 14.3 Å². The van der Waals surface area contributed by atoms with E-state index in [0.717, 1.165) is 5.56 Å².